The highest BCUT2D eigenvalue weighted by Crippen LogP contribution is 2.26. The first-order valence-electron chi connectivity index (χ1n) is 12.2. The highest BCUT2D eigenvalue weighted by Gasteiger charge is 2.31. The van der Waals surface area contributed by atoms with Crippen molar-refractivity contribution >= 4 is 23.4 Å². The van der Waals surface area contributed by atoms with Crippen LogP contribution in [0, 0.1) is 0 Å². The molecular weight excluding hydrogens is 472 g/mol. The molecule has 3 atom stereocenters. The molecule has 0 aromatic heterocycles. The van der Waals surface area contributed by atoms with Gasteiger partial charge >= 0.3 is 0 Å². The molecule has 4 rings (SSSR count). The second-order valence-electron chi connectivity index (χ2n) is 9.11. The number of ether oxygens (including phenoxy) is 1. The Balaban J connectivity index is 1.73. The maximum atomic E-state index is 13.8. The molecule has 36 heavy (non-hydrogen) atoms. The summed E-state index contributed by atoms with van der Waals surface area (Å²) in [6, 6.07) is 23.4. The van der Waals surface area contributed by atoms with Gasteiger partial charge in [-0.1, -0.05) is 78.4 Å². The van der Waals surface area contributed by atoms with Gasteiger partial charge in [0.05, 0.1) is 17.7 Å². The number of likely N-dealkylation sites (N-methyl/N-ethyl adjacent to an activating group) is 1. The third-order valence-electron chi connectivity index (χ3n) is 6.38. The summed E-state index contributed by atoms with van der Waals surface area (Å²) in [5.74, 6) is 0.0284. The van der Waals surface area contributed by atoms with E-state index < -0.39 is 6.04 Å². The molecule has 6 heteroatoms. The summed E-state index contributed by atoms with van der Waals surface area (Å²) in [5.41, 5.74) is 2.32. The first kappa shape index (κ1) is 25.5. The molecule has 0 radical (unpaired) electrons. The molecule has 0 unspecified atom stereocenters. The molecule has 1 aliphatic heterocycles. The van der Waals surface area contributed by atoms with Gasteiger partial charge in [-0.05, 0) is 48.7 Å². The first-order chi connectivity index (χ1) is 17.4. The maximum Gasteiger partial charge on any atom is 0.258 e. The van der Waals surface area contributed by atoms with Crippen LogP contribution in [0.5, 0.6) is 5.75 Å². The predicted octanol–water partition coefficient (Wildman–Crippen LogP) is 6.00. The lowest BCUT2D eigenvalue weighted by atomic mass is 9.99. The largest absolute Gasteiger partial charge is 0.490 e. The number of carbonyl (C=O) groups is 2. The van der Waals surface area contributed by atoms with Crippen LogP contribution in [0.4, 0.5) is 0 Å². The predicted molar refractivity (Wildman–Crippen MR) is 143 cm³/mol. The summed E-state index contributed by atoms with van der Waals surface area (Å²) >= 11 is 6.26. The lowest BCUT2D eigenvalue weighted by Crippen LogP contribution is -2.49. The summed E-state index contributed by atoms with van der Waals surface area (Å²) in [7, 11) is 1.68. The number of carbonyl (C=O) groups excluding carboxylic acids is 2. The van der Waals surface area contributed by atoms with Gasteiger partial charge in [0.25, 0.3) is 5.91 Å². The van der Waals surface area contributed by atoms with E-state index in [1.807, 2.05) is 73.7 Å². The van der Waals surface area contributed by atoms with Gasteiger partial charge in [-0.3, -0.25) is 9.59 Å². The van der Waals surface area contributed by atoms with Crippen LogP contribution in [0.1, 0.15) is 47.3 Å². The molecule has 1 aliphatic rings. The second-order valence-corrected chi connectivity index (χ2v) is 9.54. The van der Waals surface area contributed by atoms with Crippen molar-refractivity contribution in [1.82, 2.24) is 10.2 Å². The minimum Gasteiger partial charge on any atom is -0.490 e. The van der Waals surface area contributed by atoms with E-state index in [1.54, 1.807) is 19.2 Å². The normalized spacial score (nSPS) is 22.1. The fourth-order valence-corrected chi connectivity index (χ4v) is 4.57. The summed E-state index contributed by atoms with van der Waals surface area (Å²) in [6.45, 7) is 1.98. The molecular formula is C30H31ClN2O3. The lowest BCUT2D eigenvalue weighted by Gasteiger charge is -2.30. The van der Waals surface area contributed by atoms with Crippen LogP contribution in [0.3, 0.4) is 0 Å². The number of halogens is 1. The van der Waals surface area contributed by atoms with Gasteiger partial charge in [0, 0.05) is 24.9 Å². The van der Waals surface area contributed by atoms with Crippen molar-refractivity contribution in [3.05, 3.63) is 113 Å². The Morgan fingerprint density at radius 1 is 0.944 bits per heavy atom. The molecule has 0 spiro atoms. The second kappa shape index (κ2) is 11.9. The topological polar surface area (TPSA) is 58.6 Å². The Kier molecular flexibility index (Phi) is 8.44. The van der Waals surface area contributed by atoms with Crippen molar-refractivity contribution in [3.63, 3.8) is 0 Å². The molecule has 1 N–H and O–H groups in total. The number of hydrogen-bond acceptors (Lipinski definition) is 3. The number of benzene rings is 3. The molecule has 3 aromatic rings. The summed E-state index contributed by atoms with van der Waals surface area (Å²) in [6.07, 6.45) is 5.63. The van der Waals surface area contributed by atoms with Gasteiger partial charge in [-0.25, -0.2) is 0 Å². The van der Waals surface area contributed by atoms with Gasteiger partial charge in [0.15, 0.2) is 0 Å². The number of rotatable bonds is 3. The molecule has 0 bridgehead atoms. The van der Waals surface area contributed by atoms with E-state index in [-0.39, 0.29) is 24.0 Å². The summed E-state index contributed by atoms with van der Waals surface area (Å²) < 4.78 is 6.15. The van der Waals surface area contributed by atoms with Gasteiger partial charge in [0.1, 0.15) is 11.8 Å². The average molecular weight is 503 g/mol. The Hall–Kier alpha value is -3.57. The van der Waals surface area contributed by atoms with Crippen LogP contribution >= 0.6 is 11.6 Å². The number of amides is 2. The third-order valence-corrected chi connectivity index (χ3v) is 6.62. The monoisotopic (exact) mass is 502 g/mol. The van der Waals surface area contributed by atoms with E-state index in [4.69, 9.17) is 16.3 Å². The summed E-state index contributed by atoms with van der Waals surface area (Å²) in [5, 5.41) is 3.81. The van der Waals surface area contributed by atoms with Gasteiger partial charge in [-0.15, -0.1) is 0 Å². The zero-order valence-electron chi connectivity index (χ0n) is 20.6. The Labute approximate surface area is 217 Å². The first-order valence-corrected chi connectivity index (χ1v) is 12.6. The van der Waals surface area contributed by atoms with Crippen molar-refractivity contribution in [3.8, 4) is 5.75 Å². The lowest BCUT2D eigenvalue weighted by molar-refractivity contribution is -0.126. The smallest absolute Gasteiger partial charge is 0.258 e. The van der Waals surface area contributed by atoms with E-state index in [2.05, 4.69) is 17.5 Å². The Morgan fingerprint density at radius 3 is 2.44 bits per heavy atom. The number of nitrogens with one attached hydrogen (secondary N) is 1. The average Bonchev–Trinajstić information content (AvgIpc) is 2.88. The number of hydrogen-bond donors (Lipinski definition) is 1. The molecule has 3 aromatic carbocycles. The van der Waals surface area contributed by atoms with Gasteiger partial charge in [0.2, 0.25) is 5.91 Å². The highest BCUT2D eigenvalue weighted by molar-refractivity contribution is 6.30. The van der Waals surface area contributed by atoms with Gasteiger partial charge < -0.3 is 15.0 Å². The van der Waals surface area contributed by atoms with E-state index in [1.165, 1.54) is 4.90 Å². The van der Waals surface area contributed by atoms with E-state index in [9.17, 15) is 9.59 Å². The SMILES string of the molecule is C[C@@H]1C/C=C\C[C@H](c2cccc(Cl)c2)NC(=O)[C@H](Cc2ccccc2)N(C)C(=O)c2ccccc2O1. The minimum absolute atomic E-state index is 0.122. The van der Waals surface area contributed by atoms with Crippen LogP contribution < -0.4 is 10.1 Å². The molecule has 0 fully saturated rings. The molecule has 186 valence electrons. The Morgan fingerprint density at radius 2 is 1.67 bits per heavy atom. The molecule has 0 aliphatic carbocycles. The molecule has 2 amide bonds. The van der Waals surface area contributed by atoms with E-state index in [0.29, 0.717) is 35.6 Å². The van der Waals surface area contributed by atoms with E-state index >= 15 is 0 Å². The Bertz CT molecular complexity index is 1230. The number of para-hydroxylation sites is 1. The number of nitrogens with zero attached hydrogens (tertiary/aromatic N) is 1. The molecule has 0 saturated carbocycles. The fourth-order valence-electron chi connectivity index (χ4n) is 4.38. The number of fused-ring (bicyclic) bond motifs is 1. The molecule has 1 heterocycles. The van der Waals surface area contributed by atoms with Crippen molar-refractivity contribution < 1.29 is 14.3 Å². The van der Waals surface area contributed by atoms with Crippen LogP contribution in [-0.2, 0) is 11.2 Å². The van der Waals surface area contributed by atoms with Gasteiger partial charge in [-0.2, -0.15) is 0 Å². The highest BCUT2D eigenvalue weighted by atomic mass is 35.5. The zero-order valence-corrected chi connectivity index (χ0v) is 21.3. The standard InChI is InChI=1S/C30H31ClN2O3/c1-21-11-6-8-17-26(23-14-10-15-24(31)20-23)32-29(34)27(19-22-12-4-3-5-13-22)33(2)30(35)25-16-7-9-18-28(25)36-21/h3-10,12-16,18,20-21,26-27H,11,17,19H2,1-2H3,(H,32,34)/b8-6-/t21-,26-,27+/m1/s1. The third kappa shape index (κ3) is 6.35. The maximum absolute atomic E-state index is 13.8. The van der Waals surface area contributed by atoms with Crippen LogP contribution in [0.15, 0.2) is 91.0 Å². The van der Waals surface area contributed by atoms with Crippen molar-refractivity contribution in [2.24, 2.45) is 0 Å². The van der Waals surface area contributed by atoms with Crippen molar-refractivity contribution in [2.45, 2.75) is 44.4 Å². The molecule has 5 nitrogen and oxygen atoms in total. The van der Waals surface area contributed by atoms with Crippen LogP contribution in [0.2, 0.25) is 5.02 Å². The van der Waals surface area contributed by atoms with E-state index in [0.717, 1.165) is 11.1 Å². The van der Waals surface area contributed by atoms with Crippen molar-refractivity contribution in [1.29, 1.82) is 0 Å². The minimum atomic E-state index is -0.723. The zero-order chi connectivity index (χ0) is 25.5. The fraction of sp³-hybridized carbons (Fsp3) is 0.267. The quantitative estimate of drug-likeness (QED) is 0.447. The molecule has 0 saturated heterocycles. The summed E-state index contributed by atoms with van der Waals surface area (Å²) in [4.78, 5) is 29.0. The van der Waals surface area contributed by atoms with Crippen molar-refractivity contribution in [2.75, 3.05) is 7.05 Å². The van der Waals surface area contributed by atoms with Crippen LogP contribution in [-0.4, -0.2) is 35.9 Å². The van der Waals surface area contributed by atoms with Crippen LogP contribution in [0.25, 0.3) is 0 Å².